The summed E-state index contributed by atoms with van der Waals surface area (Å²) in [4.78, 5) is 85.2. The zero-order valence-electron chi connectivity index (χ0n) is 33.8. The van der Waals surface area contributed by atoms with Gasteiger partial charge in [0.05, 0.1) is 14.2 Å². The molecule has 0 saturated carbocycles. The number of carbonyl (C=O) groups is 7. The smallest absolute Gasteiger partial charge is 0.408 e. The van der Waals surface area contributed by atoms with Gasteiger partial charge in [-0.25, -0.2) is 14.4 Å². The summed E-state index contributed by atoms with van der Waals surface area (Å²) in [5.41, 5.74) is -1.10. The lowest BCUT2D eigenvalue weighted by Gasteiger charge is -2.35. The normalized spacial score (nSPS) is 16.0. The maximum Gasteiger partial charge on any atom is 0.408 e. The number of methoxy groups -OCH3 is 2. The Morgan fingerprint density at radius 1 is 0.722 bits per heavy atom. The molecule has 2 aliphatic rings. The summed E-state index contributed by atoms with van der Waals surface area (Å²) in [7, 11) is 6.65. The highest BCUT2D eigenvalue weighted by molar-refractivity contribution is 14.2. The molecule has 3 amide bonds. The van der Waals surface area contributed by atoms with Crippen molar-refractivity contribution in [1.82, 2.24) is 30.7 Å². The maximum absolute atomic E-state index is 12.7. The van der Waals surface area contributed by atoms with Gasteiger partial charge in [-0.05, 0) is 97.4 Å². The Hall–Kier alpha value is -2.87. The average Bonchev–Trinajstić information content (AvgIpc) is 3.07. The van der Waals surface area contributed by atoms with Gasteiger partial charge in [-0.15, -0.1) is 0 Å². The van der Waals surface area contributed by atoms with Gasteiger partial charge in [0.25, 0.3) is 0 Å². The van der Waals surface area contributed by atoms with Gasteiger partial charge in [-0.3, -0.25) is 19.2 Å². The van der Waals surface area contributed by atoms with E-state index in [1.54, 1.807) is 53.4 Å². The Morgan fingerprint density at radius 2 is 1.09 bits per heavy atom. The van der Waals surface area contributed by atoms with E-state index in [-0.39, 0.29) is 37.1 Å². The number of rotatable bonds is 11. The number of alkyl carbamates (subject to hydrolysis) is 2. The van der Waals surface area contributed by atoms with Gasteiger partial charge in [0, 0.05) is 71.4 Å². The van der Waals surface area contributed by atoms with Crippen LogP contribution in [-0.4, -0.2) is 165 Å². The molecule has 0 aromatic heterocycles. The molecular formula is C34H64IN6O12P. The molecule has 0 aromatic carbocycles. The number of carbonyl (C=O) groups excluding carboxylic acids is 6. The van der Waals surface area contributed by atoms with Gasteiger partial charge in [0.2, 0.25) is 5.91 Å². The molecule has 2 rings (SSSR count). The molecule has 2 heterocycles. The lowest BCUT2D eigenvalue weighted by molar-refractivity contribution is -0.143. The zero-order valence-corrected chi connectivity index (χ0v) is 37.0. The summed E-state index contributed by atoms with van der Waals surface area (Å²) >= 11 is 2.06. The highest BCUT2D eigenvalue weighted by atomic mass is 127. The van der Waals surface area contributed by atoms with Gasteiger partial charge in [-0.2, -0.15) is 0 Å². The first-order chi connectivity index (χ1) is 24.9. The Kier molecular flexibility index (Phi) is 28.1. The number of hydrogen-bond acceptors (Lipinski definition) is 14. The van der Waals surface area contributed by atoms with Gasteiger partial charge in [0.15, 0.2) is 5.52 Å². The lowest BCUT2D eigenvalue weighted by atomic mass is 10.1. The number of likely N-dealkylation sites (N-methyl/N-ethyl adjacent to an activating group) is 2. The molecule has 314 valence electrons. The van der Waals surface area contributed by atoms with Crippen molar-refractivity contribution in [3.63, 3.8) is 0 Å². The van der Waals surface area contributed by atoms with Crippen molar-refractivity contribution in [2.24, 2.45) is 0 Å². The van der Waals surface area contributed by atoms with Crippen LogP contribution in [-0.2, 0) is 42.9 Å². The van der Waals surface area contributed by atoms with Crippen LogP contribution < -0.4 is 16.0 Å². The number of aliphatic carboxylic acids is 1. The number of halogens is 1. The van der Waals surface area contributed by atoms with Gasteiger partial charge in [0.1, 0.15) is 23.3 Å². The fraction of sp³-hybridized carbons (Fsp3) is 0.794. The van der Waals surface area contributed by atoms with E-state index in [2.05, 4.69) is 64.3 Å². The average molecular weight is 907 g/mol. The van der Waals surface area contributed by atoms with Crippen LogP contribution in [0.1, 0.15) is 74.1 Å². The Bertz CT molecular complexity index is 1170. The van der Waals surface area contributed by atoms with Crippen LogP contribution in [0.4, 0.5) is 9.59 Å². The highest BCUT2D eigenvalue weighted by Gasteiger charge is 2.30. The minimum atomic E-state index is -1.23. The van der Waals surface area contributed by atoms with Crippen molar-refractivity contribution in [2.75, 3.05) is 80.7 Å². The monoisotopic (exact) mass is 906 g/mol. The first-order valence-electron chi connectivity index (χ1n) is 17.5. The van der Waals surface area contributed by atoms with E-state index in [1.807, 2.05) is 7.05 Å². The number of ether oxygens (including phenoxy) is 4. The number of carboxylic acid groups (broad SMARTS) is 1. The third-order valence-corrected chi connectivity index (χ3v) is 9.54. The second-order valence-electron chi connectivity index (χ2n) is 14.3. The van der Waals surface area contributed by atoms with Crippen molar-refractivity contribution >= 4 is 69.8 Å². The third kappa shape index (κ3) is 30.5. The summed E-state index contributed by atoms with van der Waals surface area (Å²) in [5, 5.41) is 16.9. The number of hydrogen-bond donors (Lipinski definition) is 4. The first kappa shape index (κ1) is 53.2. The second-order valence-corrected chi connectivity index (χ2v) is 16.8. The molecular weight excluding hydrogens is 842 g/mol. The molecule has 0 aliphatic carbocycles. The zero-order chi connectivity index (χ0) is 42.1. The topological polar surface area (TPSA) is 222 Å². The number of carboxylic acids is 1. The van der Waals surface area contributed by atoms with Gasteiger partial charge in [-0.1, -0.05) is 0 Å². The molecule has 20 heteroatoms. The molecule has 54 heavy (non-hydrogen) atoms. The van der Waals surface area contributed by atoms with E-state index in [4.69, 9.17) is 14.6 Å². The first-order valence-corrected chi connectivity index (χ1v) is 21.6. The van der Waals surface area contributed by atoms with E-state index < -0.39 is 53.4 Å². The number of esters is 2. The van der Waals surface area contributed by atoms with Crippen molar-refractivity contribution in [2.45, 2.75) is 97.4 Å². The third-order valence-electron chi connectivity index (χ3n) is 7.00. The van der Waals surface area contributed by atoms with Crippen molar-refractivity contribution in [3.05, 3.63) is 0 Å². The van der Waals surface area contributed by atoms with E-state index in [9.17, 15) is 33.6 Å². The highest BCUT2D eigenvalue weighted by Crippen LogP contribution is 2.19. The van der Waals surface area contributed by atoms with E-state index >= 15 is 0 Å². The number of piperazine rings is 2. The quantitative estimate of drug-likeness (QED) is 0.101. The van der Waals surface area contributed by atoms with Crippen LogP contribution in [0.3, 0.4) is 0 Å². The van der Waals surface area contributed by atoms with Crippen LogP contribution in [0.15, 0.2) is 0 Å². The SMILES string of the molecule is CC(=O)PI.CN1CCNCC1.COC(=O)CC[C@H](NC(=O)OC(C)(C)C)C(=O)N1CCN(C)CC1.COC(=O)CC[C@H](NC(=O)OC(C)(C)C)C(=O)O. The van der Waals surface area contributed by atoms with E-state index in [0.717, 1.165) is 26.2 Å². The minimum Gasteiger partial charge on any atom is -0.480 e. The summed E-state index contributed by atoms with van der Waals surface area (Å²) < 4.78 is 19.1. The van der Waals surface area contributed by atoms with Crippen molar-refractivity contribution in [1.29, 1.82) is 0 Å². The molecule has 3 atom stereocenters. The Labute approximate surface area is 335 Å². The molecule has 18 nitrogen and oxygen atoms in total. The molecule has 0 aromatic rings. The summed E-state index contributed by atoms with van der Waals surface area (Å²) in [5.74, 6) is -2.38. The minimum absolute atomic E-state index is 0.0520. The van der Waals surface area contributed by atoms with Crippen molar-refractivity contribution < 1.29 is 57.6 Å². The molecule has 0 radical (unpaired) electrons. The van der Waals surface area contributed by atoms with Crippen LogP contribution >= 0.6 is 28.3 Å². The van der Waals surface area contributed by atoms with Gasteiger partial charge >= 0.3 is 30.1 Å². The van der Waals surface area contributed by atoms with Gasteiger partial charge < -0.3 is 54.7 Å². The summed E-state index contributed by atoms with van der Waals surface area (Å²) in [6.07, 6.45) is -0.974. The molecule has 0 spiro atoms. The lowest BCUT2D eigenvalue weighted by Crippen LogP contribution is -2.54. The number of nitrogens with zero attached hydrogens (tertiary/aromatic N) is 3. The Balaban J connectivity index is 0. The standard InChI is InChI=1S/C16H29N3O5.C11H19NO6.C5H12N2.C2H4IOP/c1-16(2,3)24-15(22)17-12(6-7-13(20)23-5)14(21)19-10-8-18(4)9-11-19;1-11(2,3)18-10(16)12-7(9(14)15)5-6-8(13)17-4;1-7-4-2-6-3-5-7;1-2(4)5-3/h12H,6-11H2,1-5H3,(H,17,22);7H,5-6H2,1-4H3,(H,12,16)(H,14,15);6H,2-5H2,1H3;5H,1H3/t12-;7-;;/m00../s1. The van der Waals surface area contributed by atoms with Crippen LogP contribution in [0.25, 0.3) is 0 Å². The predicted molar refractivity (Wildman–Crippen MR) is 214 cm³/mol. The molecule has 0 bridgehead atoms. The molecule has 2 fully saturated rings. The largest absolute Gasteiger partial charge is 0.480 e. The fourth-order valence-corrected chi connectivity index (χ4v) is 4.17. The van der Waals surface area contributed by atoms with Crippen LogP contribution in [0.5, 0.6) is 0 Å². The second kappa shape index (κ2) is 28.5. The van der Waals surface area contributed by atoms with Crippen LogP contribution in [0.2, 0.25) is 0 Å². The number of amides is 3. The number of nitrogens with one attached hydrogen (secondary N) is 3. The van der Waals surface area contributed by atoms with Crippen molar-refractivity contribution in [3.8, 4) is 0 Å². The molecule has 4 N–H and O–H groups in total. The Morgan fingerprint density at radius 3 is 1.41 bits per heavy atom. The summed E-state index contributed by atoms with van der Waals surface area (Å²) in [6.45, 7) is 19.3. The fourth-order valence-electron chi connectivity index (χ4n) is 4.17. The molecule has 2 saturated heterocycles. The van der Waals surface area contributed by atoms with E-state index in [1.165, 1.54) is 27.3 Å². The summed E-state index contributed by atoms with van der Waals surface area (Å²) in [6, 6.07) is -1.98. The van der Waals surface area contributed by atoms with E-state index in [0.29, 0.717) is 19.3 Å². The molecule has 1 unspecified atom stereocenters. The maximum atomic E-state index is 12.7. The predicted octanol–water partition coefficient (Wildman–Crippen LogP) is 2.61. The molecule has 2 aliphatic heterocycles. The van der Waals surface area contributed by atoms with Crippen LogP contribution in [0, 0.1) is 0 Å².